The van der Waals surface area contributed by atoms with Crippen LogP contribution in [0.15, 0.2) is 81.4 Å². The van der Waals surface area contributed by atoms with Gasteiger partial charge in [0.05, 0.1) is 19.1 Å². The lowest BCUT2D eigenvalue weighted by Gasteiger charge is -2.20. The van der Waals surface area contributed by atoms with Gasteiger partial charge in [0.2, 0.25) is 5.91 Å². The lowest BCUT2D eigenvalue weighted by molar-refractivity contribution is -0.121. The number of benzene rings is 2. The number of carbonyl (C=O) groups excluding carboxylic acids is 2. The topological polar surface area (TPSA) is 96.5 Å². The first kappa shape index (κ1) is 22.9. The molecule has 0 spiro atoms. The minimum atomic E-state index is -0.678. The Morgan fingerprint density at radius 3 is 2.66 bits per heavy atom. The fraction of sp³-hybridized carbons (Fsp3) is 0.200. The minimum Gasteiger partial charge on any atom is -0.497 e. The van der Waals surface area contributed by atoms with Gasteiger partial charge >= 0.3 is 0 Å². The third kappa shape index (κ3) is 4.97. The molecule has 0 saturated carbocycles. The number of halogens is 1. The molecule has 0 fully saturated rings. The van der Waals surface area contributed by atoms with Gasteiger partial charge in [0.1, 0.15) is 28.6 Å². The predicted octanol–water partition coefficient (Wildman–Crippen LogP) is 4.61. The largest absolute Gasteiger partial charge is 0.497 e. The van der Waals surface area contributed by atoms with Crippen LogP contribution in [0, 0.1) is 5.82 Å². The van der Waals surface area contributed by atoms with Crippen LogP contribution in [0.1, 0.15) is 30.2 Å². The second kappa shape index (κ2) is 9.75. The lowest BCUT2D eigenvalue weighted by atomic mass is 10.0. The summed E-state index contributed by atoms with van der Waals surface area (Å²) in [4.78, 5) is 29.3. The van der Waals surface area contributed by atoms with Gasteiger partial charge < -0.3 is 14.5 Å². The molecule has 2 amide bonds. The van der Waals surface area contributed by atoms with Crippen molar-refractivity contribution in [3.63, 3.8) is 0 Å². The molecule has 5 rings (SSSR count). The number of carbonyl (C=O) groups is 2. The van der Waals surface area contributed by atoms with E-state index in [0.29, 0.717) is 23.0 Å². The molecule has 0 bridgehead atoms. The van der Waals surface area contributed by atoms with Gasteiger partial charge in [-0.3, -0.25) is 9.59 Å². The monoisotopic (exact) mass is 492 g/mol. The molecular weight excluding hydrogens is 471 g/mol. The second-order valence-electron chi connectivity index (χ2n) is 7.95. The van der Waals surface area contributed by atoms with E-state index in [1.54, 1.807) is 24.4 Å². The van der Waals surface area contributed by atoms with Crippen molar-refractivity contribution in [3.05, 3.63) is 84.1 Å². The molecule has 2 aromatic carbocycles. The molecule has 0 saturated heterocycles. The first-order valence-corrected chi connectivity index (χ1v) is 11.8. The Morgan fingerprint density at radius 2 is 1.97 bits per heavy atom. The van der Waals surface area contributed by atoms with Crippen molar-refractivity contribution < 1.29 is 23.1 Å². The van der Waals surface area contributed by atoms with Crippen LogP contribution in [0.4, 0.5) is 10.1 Å². The summed E-state index contributed by atoms with van der Waals surface area (Å²) in [5.74, 6) is 0.296. The summed E-state index contributed by atoms with van der Waals surface area (Å²) in [6, 6.07) is 16.4. The first-order valence-electron chi connectivity index (χ1n) is 10.9. The molecule has 2 aliphatic rings. The van der Waals surface area contributed by atoms with Gasteiger partial charge in [-0.05, 0) is 66.2 Å². The van der Waals surface area contributed by atoms with E-state index >= 15 is 0 Å². The number of methoxy groups -OCH3 is 1. The van der Waals surface area contributed by atoms with Crippen LogP contribution >= 0.6 is 11.8 Å². The van der Waals surface area contributed by atoms with Crippen LogP contribution in [0.3, 0.4) is 0 Å². The Morgan fingerprint density at radius 1 is 1.20 bits per heavy atom. The van der Waals surface area contributed by atoms with Gasteiger partial charge in [-0.1, -0.05) is 11.8 Å². The van der Waals surface area contributed by atoms with Crippen molar-refractivity contribution >= 4 is 40.1 Å². The fourth-order valence-electron chi connectivity index (χ4n) is 3.87. The number of hydrogen-bond donors (Lipinski definition) is 1. The highest BCUT2D eigenvalue weighted by Gasteiger charge is 2.40. The zero-order valence-corrected chi connectivity index (χ0v) is 19.5. The lowest BCUT2D eigenvalue weighted by Crippen LogP contribution is -2.24. The van der Waals surface area contributed by atoms with Crippen LogP contribution in [0.25, 0.3) is 0 Å². The highest BCUT2D eigenvalue weighted by molar-refractivity contribution is 8.15. The number of thioether (sulfide) groups is 1. The van der Waals surface area contributed by atoms with Crippen LogP contribution < -0.4 is 10.1 Å². The second-order valence-corrected chi connectivity index (χ2v) is 9.12. The molecule has 8 nitrogen and oxygen atoms in total. The van der Waals surface area contributed by atoms with Crippen molar-refractivity contribution in [1.82, 2.24) is 5.01 Å². The molecule has 2 atom stereocenters. The number of anilines is 1. The predicted molar refractivity (Wildman–Crippen MR) is 131 cm³/mol. The Hall–Kier alpha value is -3.92. The molecule has 3 heterocycles. The smallest absolute Gasteiger partial charge is 0.262 e. The highest BCUT2D eigenvalue weighted by Crippen LogP contribution is 2.38. The SMILES string of the molecule is COc1ccc(C2=NN(C3=NC(=O)C(CC(=O)Nc4ccc(F)cc4)S3)C(c3ccco3)C2)cc1. The van der Waals surface area contributed by atoms with E-state index in [1.807, 2.05) is 30.3 Å². The number of amides is 2. The maximum Gasteiger partial charge on any atom is 0.262 e. The number of hydrogen-bond acceptors (Lipinski definition) is 7. The molecular formula is C25H21FN4O4S. The van der Waals surface area contributed by atoms with Crippen LogP contribution in [-0.2, 0) is 9.59 Å². The van der Waals surface area contributed by atoms with Crippen LogP contribution in [0.5, 0.6) is 5.75 Å². The molecule has 10 heteroatoms. The summed E-state index contributed by atoms with van der Waals surface area (Å²) in [6.07, 6.45) is 2.09. The molecule has 1 aromatic heterocycles. The number of nitrogens with zero attached hydrogens (tertiary/aromatic N) is 3. The molecule has 2 aliphatic heterocycles. The van der Waals surface area contributed by atoms with E-state index in [2.05, 4.69) is 10.3 Å². The number of amidine groups is 1. The average molecular weight is 493 g/mol. The molecule has 35 heavy (non-hydrogen) atoms. The Labute approximate surface area is 204 Å². The summed E-state index contributed by atoms with van der Waals surface area (Å²) < 4.78 is 24.0. The Balaban J connectivity index is 1.32. The summed E-state index contributed by atoms with van der Waals surface area (Å²) in [6.45, 7) is 0. The Bertz CT molecular complexity index is 1290. The Kier molecular flexibility index (Phi) is 6.37. The van der Waals surface area contributed by atoms with Gasteiger partial charge in [-0.25, -0.2) is 9.40 Å². The number of furan rings is 1. The first-order chi connectivity index (χ1) is 17.0. The third-order valence-corrected chi connectivity index (χ3v) is 6.77. The molecule has 2 unspecified atom stereocenters. The quantitative estimate of drug-likeness (QED) is 0.540. The minimum absolute atomic E-state index is 0.0673. The van der Waals surface area contributed by atoms with Crippen molar-refractivity contribution in [1.29, 1.82) is 0 Å². The number of nitrogens with one attached hydrogen (secondary N) is 1. The summed E-state index contributed by atoms with van der Waals surface area (Å²) in [7, 11) is 1.61. The average Bonchev–Trinajstić information content (AvgIpc) is 3.61. The van der Waals surface area contributed by atoms with Gasteiger partial charge in [-0.15, -0.1) is 0 Å². The third-order valence-electron chi connectivity index (χ3n) is 5.63. The van der Waals surface area contributed by atoms with Crippen LogP contribution in [0.2, 0.25) is 0 Å². The number of hydrazone groups is 1. The molecule has 3 aromatic rings. The van der Waals surface area contributed by atoms with Crippen LogP contribution in [-0.4, -0.2) is 40.1 Å². The van der Waals surface area contributed by atoms with Gasteiger partial charge in [0.15, 0.2) is 5.17 Å². The fourth-order valence-corrected chi connectivity index (χ4v) is 4.93. The maximum atomic E-state index is 13.1. The van der Waals surface area contributed by atoms with Gasteiger partial charge in [-0.2, -0.15) is 10.1 Å². The van der Waals surface area contributed by atoms with E-state index in [4.69, 9.17) is 14.3 Å². The molecule has 0 aliphatic carbocycles. The zero-order valence-electron chi connectivity index (χ0n) is 18.7. The van der Waals surface area contributed by atoms with E-state index < -0.39 is 17.0 Å². The van der Waals surface area contributed by atoms with E-state index in [1.165, 1.54) is 36.0 Å². The molecule has 0 radical (unpaired) electrons. The number of ether oxygens (including phenoxy) is 1. The van der Waals surface area contributed by atoms with Crippen molar-refractivity contribution in [2.75, 3.05) is 12.4 Å². The normalized spacial score (nSPS) is 19.5. The highest BCUT2D eigenvalue weighted by atomic mass is 32.2. The van der Waals surface area contributed by atoms with Crippen molar-refractivity contribution in [2.24, 2.45) is 10.1 Å². The van der Waals surface area contributed by atoms with Gasteiger partial charge in [0.25, 0.3) is 5.91 Å². The van der Waals surface area contributed by atoms with Gasteiger partial charge in [0, 0.05) is 18.5 Å². The summed E-state index contributed by atoms with van der Waals surface area (Å²) in [5.41, 5.74) is 2.21. The van der Waals surface area contributed by atoms with E-state index in [-0.39, 0.29) is 18.4 Å². The maximum absolute atomic E-state index is 13.1. The number of aliphatic imine (C=N–C) groups is 1. The summed E-state index contributed by atoms with van der Waals surface area (Å²) in [5, 5.41) is 8.88. The zero-order chi connectivity index (χ0) is 24.4. The molecule has 1 N–H and O–H groups in total. The standard InChI is InChI=1S/C25H21FN4O4S/c1-33-18-10-4-15(5-11-18)19-13-20(21-3-2-12-34-21)30(29-19)25-28-24(32)22(35-25)14-23(31)27-17-8-6-16(26)7-9-17/h2-12,20,22H,13-14H2,1H3,(H,27,31). The van der Waals surface area contributed by atoms with Crippen molar-refractivity contribution in [3.8, 4) is 5.75 Å². The summed E-state index contributed by atoms with van der Waals surface area (Å²) >= 11 is 1.20. The molecule has 178 valence electrons. The van der Waals surface area contributed by atoms with Crippen molar-refractivity contribution in [2.45, 2.75) is 24.1 Å². The number of rotatable bonds is 6. The van der Waals surface area contributed by atoms with E-state index in [9.17, 15) is 14.0 Å². The van der Waals surface area contributed by atoms with E-state index in [0.717, 1.165) is 17.0 Å².